The molecule has 1 aliphatic heterocycles. The van der Waals surface area contributed by atoms with Crippen LogP contribution in [0.4, 0.5) is 0 Å². The Morgan fingerprint density at radius 2 is 2.47 bits per heavy atom. The van der Waals surface area contributed by atoms with Crippen molar-refractivity contribution in [3.8, 4) is 11.6 Å². The minimum absolute atomic E-state index is 0.606. The van der Waals surface area contributed by atoms with Gasteiger partial charge in [0.1, 0.15) is 12.0 Å². The van der Waals surface area contributed by atoms with Crippen molar-refractivity contribution >= 4 is 0 Å². The van der Waals surface area contributed by atoms with Crippen molar-refractivity contribution in [2.24, 2.45) is 0 Å². The molecule has 1 N–H and O–H groups in total. The van der Waals surface area contributed by atoms with Gasteiger partial charge in [0.2, 0.25) is 5.89 Å². The summed E-state index contributed by atoms with van der Waals surface area (Å²) in [5.41, 5.74) is 2.89. The average Bonchev–Trinajstić information content (AvgIpc) is 2.82. The molecule has 0 unspecified atom stereocenters. The summed E-state index contributed by atoms with van der Waals surface area (Å²) in [5, 5.41) is 7.75. The van der Waals surface area contributed by atoms with Crippen LogP contribution in [0, 0.1) is 6.92 Å². The van der Waals surface area contributed by atoms with Crippen LogP contribution in [-0.2, 0) is 13.1 Å². The second-order valence-corrected chi connectivity index (χ2v) is 3.71. The predicted octanol–water partition coefficient (Wildman–Crippen LogP) is 0.950. The molecule has 0 bridgehead atoms. The normalized spacial score (nSPS) is 15.3. The van der Waals surface area contributed by atoms with E-state index in [1.807, 2.05) is 17.7 Å². The van der Waals surface area contributed by atoms with Crippen LogP contribution in [0.3, 0.4) is 0 Å². The van der Waals surface area contributed by atoms with Crippen LogP contribution in [0.25, 0.3) is 11.6 Å². The molecule has 3 heterocycles. The zero-order chi connectivity index (χ0) is 10.3. The third-order valence-corrected chi connectivity index (χ3v) is 2.51. The van der Waals surface area contributed by atoms with Gasteiger partial charge in [0.05, 0.1) is 17.9 Å². The number of rotatable bonds is 1. The highest BCUT2D eigenvalue weighted by atomic mass is 16.3. The highest BCUT2D eigenvalue weighted by molar-refractivity contribution is 5.47. The molecule has 5 nitrogen and oxygen atoms in total. The molecule has 0 spiro atoms. The standard InChI is InChI=1S/C10H12N4O/c1-7-6-15-10(12-7)9-4-8-5-11-2-3-14(8)13-9/h4,6,11H,2-3,5H2,1H3. The fourth-order valence-corrected chi connectivity index (χ4v) is 1.77. The minimum Gasteiger partial charge on any atom is -0.443 e. The van der Waals surface area contributed by atoms with Crippen molar-refractivity contribution in [2.75, 3.05) is 6.54 Å². The second kappa shape index (κ2) is 3.20. The number of oxazole rings is 1. The first kappa shape index (κ1) is 8.67. The third-order valence-electron chi connectivity index (χ3n) is 2.51. The van der Waals surface area contributed by atoms with Crippen molar-refractivity contribution in [3.63, 3.8) is 0 Å². The van der Waals surface area contributed by atoms with Gasteiger partial charge in [-0.2, -0.15) is 5.10 Å². The van der Waals surface area contributed by atoms with Crippen LogP contribution >= 0.6 is 0 Å². The second-order valence-electron chi connectivity index (χ2n) is 3.71. The number of aryl methyl sites for hydroxylation is 1. The van der Waals surface area contributed by atoms with Gasteiger partial charge in [-0.1, -0.05) is 0 Å². The van der Waals surface area contributed by atoms with E-state index in [4.69, 9.17) is 4.42 Å². The number of nitrogens with one attached hydrogen (secondary N) is 1. The van der Waals surface area contributed by atoms with Gasteiger partial charge in [0, 0.05) is 13.1 Å². The van der Waals surface area contributed by atoms with E-state index in [9.17, 15) is 0 Å². The third kappa shape index (κ3) is 1.45. The molecule has 15 heavy (non-hydrogen) atoms. The number of hydrogen-bond donors (Lipinski definition) is 1. The lowest BCUT2D eigenvalue weighted by Gasteiger charge is -2.13. The van der Waals surface area contributed by atoms with E-state index >= 15 is 0 Å². The van der Waals surface area contributed by atoms with Gasteiger partial charge in [-0.15, -0.1) is 0 Å². The summed E-state index contributed by atoms with van der Waals surface area (Å²) in [4.78, 5) is 4.26. The van der Waals surface area contributed by atoms with E-state index in [1.54, 1.807) is 6.26 Å². The Morgan fingerprint density at radius 3 is 3.20 bits per heavy atom. The van der Waals surface area contributed by atoms with E-state index in [2.05, 4.69) is 15.4 Å². The van der Waals surface area contributed by atoms with E-state index in [0.29, 0.717) is 5.89 Å². The lowest BCUT2D eigenvalue weighted by atomic mass is 10.3. The summed E-state index contributed by atoms with van der Waals surface area (Å²) in [6.45, 7) is 4.66. The molecule has 3 rings (SSSR count). The molecule has 0 radical (unpaired) electrons. The van der Waals surface area contributed by atoms with Crippen LogP contribution in [-0.4, -0.2) is 21.3 Å². The number of fused-ring (bicyclic) bond motifs is 1. The van der Waals surface area contributed by atoms with Crippen molar-refractivity contribution in [1.82, 2.24) is 20.1 Å². The fraction of sp³-hybridized carbons (Fsp3) is 0.400. The molecule has 0 aromatic carbocycles. The van der Waals surface area contributed by atoms with Crippen LogP contribution in [0.1, 0.15) is 11.4 Å². The zero-order valence-corrected chi connectivity index (χ0v) is 8.53. The van der Waals surface area contributed by atoms with Crippen molar-refractivity contribution in [1.29, 1.82) is 0 Å². The summed E-state index contributed by atoms with van der Waals surface area (Å²) >= 11 is 0. The summed E-state index contributed by atoms with van der Waals surface area (Å²) < 4.78 is 7.33. The van der Waals surface area contributed by atoms with Crippen LogP contribution in [0.5, 0.6) is 0 Å². The van der Waals surface area contributed by atoms with Crippen molar-refractivity contribution < 1.29 is 4.42 Å². The molecule has 0 aliphatic carbocycles. The highest BCUT2D eigenvalue weighted by Crippen LogP contribution is 2.19. The quantitative estimate of drug-likeness (QED) is 0.751. The number of nitrogens with zero attached hydrogens (tertiary/aromatic N) is 3. The van der Waals surface area contributed by atoms with Gasteiger partial charge >= 0.3 is 0 Å². The molecule has 5 heteroatoms. The van der Waals surface area contributed by atoms with E-state index in [-0.39, 0.29) is 0 Å². The molecule has 0 amide bonds. The summed E-state index contributed by atoms with van der Waals surface area (Å²) in [7, 11) is 0. The smallest absolute Gasteiger partial charge is 0.247 e. The monoisotopic (exact) mass is 204 g/mol. The Bertz CT molecular complexity index is 462. The molecule has 1 aliphatic rings. The largest absolute Gasteiger partial charge is 0.443 e. The molecule has 0 saturated heterocycles. The van der Waals surface area contributed by atoms with E-state index in [0.717, 1.165) is 31.0 Å². The highest BCUT2D eigenvalue weighted by Gasteiger charge is 2.15. The van der Waals surface area contributed by atoms with E-state index in [1.165, 1.54) is 5.69 Å². The Morgan fingerprint density at radius 1 is 1.53 bits per heavy atom. The maximum absolute atomic E-state index is 5.32. The molecule has 0 fully saturated rings. The Hall–Kier alpha value is -1.62. The maximum atomic E-state index is 5.32. The lowest BCUT2D eigenvalue weighted by Crippen LogP contribution is -2.28. The van der Waals surface area contributed by atoms with Crippen LogP contribution in [0.15, 0.2) is 16.7 Å². The topological polar surface area (TPSA) is 55.9 Å². The minimum atomic E-state index is 0.606. The van der Waals surface area contributed by atoms with Crippen LogP contribution in [0.2, 0.25) is 0 Å². The molecule has 0 saturated carbocycles. The fourth-order valence-electron chi connectivity index (χ4n) is 1.77. The molecule has 0 atom stereocenters. The maximum Gasteiger partial charge on any atom is 0.247 e. The van der Waals surface area contributed by atoms with Gasteiger partial charge in [-0.05, 0) is 13.0 Å². The van der Waals surface area contributed by atoms with E-state index < -0.39 is 0 Å². The Balaban J connectivity index is 2.02. The SMILES string of the molecule is Cc1coc(-c2cc3n(n2)CCNC3)n1. The molecular formula is C10H12N4O. The molecule has 78 valence electrons. The average molecular weight is 204 g/mol. The zero-order valence-electron chi connectivity index (χ0n) is 8.53. The van der Waals surface area contributed by atoms with Gasteiger partial charge in [-0.3, -0.25) is 4.68 Å². The first-order valence-corrected chi connectivity index (χ1v) is 5.03. The summed E-state index contributed by atoms with van der Waals surface area (Å²) in [6, 6.07) is 2.03. The van der Waals surface area contributed by atoms with Gasteiger partial charge < -0.3 is 9.73 Å². The lowest BCUT2D eigenvalue weighted by molar-refractivity contribution is 0.475. The number of aromatic nitrogens is 3. The number of hydrogen-bond acceptors (Lipinski definition) is 4. The first-order chi connectivity index (χ1) is 7.33. The van der Waals surface area contributed by atoms with Gasteiger partial charge in [0.15, 0.2) is 0 Å². The Labute approximate surface area is 87.1 Å². The van der Waals surface area contributed by atoms with Gasteiger partial charge in [-0.25, -0.2) is 4.98 Å². The summed E-state index contributed by atoms with van der Waals surface area (Å²) in [5.74, 6) is 0.606. The molecule has 2 aromatic rings. The van der Waals surface area contributed by atoms with Crippen molar-refractivity contribution in [2.45, 2.75) is 20.0 Å². The molecule has 2 aromatic heterocycles. The van der Waals surface area contributed by atoms with Crippen LogP contribution < -0.4 is 5.32 Å². The summed E-state index contributed by atoms with van der Waals surface area (Å²) in [6.07, 6.45) is 1.64. The predicted molar refractivity (Wildman–Crippen MR) is 54.2 cm³/mol. The van der Waals surface area contributed by atoms with Crippen molar-refractivity contribution in [3.05, 3.63) is 23.7 Å². The first-order valence-electron chi connectivity index (χ1n) is 5.03. The molecular weight excluding hydrogens is 192 g/mol. The van der Waals surface area contributed by atoms with Gasteiger partial charge in [0.25, 0.3) is 0 Å². The Kier molecular flexibility index (Phi) is 1.85.